The van der Waals surface area contributed by atoms with Crippen LogP contribution in [0.1, 0.15) is 46.6 Å². The van der Waals surface area contributed by atoms with Crippen LogP contribution in [0.2, 0.25) is 0 Å². The predicted octanol–water partition coefficient (Wildman–Crippen LogP) is 3.74. The average molecular weight is 527 g/mol. The zero-order chi connectivity index (χ0) is 20.7. The van der Waals surface area contributed by atoms with E-state index < -0.39 is 9.84 Å². The Hall–Kier alpha value is -0.900. The van der Waals surface area contributed by atoms with Crippen molar-refractivity contribution in [3.05, 3.63) is 35.6 Å². The quantitative estimate of drug-likeness (QED) is 0.292. The fourth-order valence-electron chi connectivity index (χ4n) is 2.49. The van der Waals surface area contributed by atoms with E-state index in [4.69, 9.17) is 0 Å². The fourth-order valence-corrected chi connectivity index (χ4v) is 3.42. The van der Waals surface area contributed by atoms with Crippen LogP contribution < -0.4 is 10.6 Å². The van der Waals surface area contributed by atoms with Crippen LogP contribution in [-0.2, 0) is 15.3 Å². The van der Waals surface area contributed by atoms with Crippen LogP contribution in [0.4, 0.5) is 4.39 Å². The van der Waals surface area contributed by atoms with Crippen LogP contribution in [-0.4, -0.2) is 46.0 Å². The van der Waals surface area contributed by atoms with Crippen molar-refractivity contribution in [3.63, 3.8) is 0 Å². The molecule has 2 N–H and O–H groups in total. The second-order valence-corrected chi connectivity index (χ2v) is 10.7. The lowest BCUT2D eigenvalue weighted by molar-refractivity contribution is 0.365. The number of benzene rings is 1. The molecular weight excluding hydrogens is 492 g/mol. The van der Waals surface area contributed by atoms with Gasteiger partial charge in [-0.15, -0.1) is 24.0 Å². The number of hydrogen-bond acceptors (Lipinski definition) is 3. The topological polar surface area (TPSA) is 70.6 Å². The van der Waals surface area contributed by atoms with E-state index in [1.807, 2.05) is 40.7 Å². The number of aliphatic imine (C=N–C) groups is 1. The molecule has 0 radical (unpaired) electrons. The molecule has 0 aliphatic rings. The molecule has 28 heavy (non-hydrogen) atoms. The van der Waals surface area contributed by atoms with E-state index in [1.165, 1.54) is 12.3 Å². The Labute approximate surface area is 186 Å². The van der Waals surface area contributed by atoms with Crippen molar-refractivity contribution >= 4 is 39.8 Å². The van der Waals surface area contributed by atoms with Crippen LogP contribution in [0.3, 0.4) is 0 Å². The van der Waals surface area contributed by atoms with Gasteiger partial charge in [0.2, 0.25) is 0 Å². The van der Waals surface area contributed by atoms with Crippen molar-refractivity contribution in [3.8, 4) is 0 Å². The van der Waals surface area contributed by atoms with Gasteiger partial charge in [0, 0.05) is 31.3 Å². The molecule has 0 bridgehead atoms. The normalized spacial score (nSPS) is 13.0. The molecule has 0 aliphatic heterocycles. The lowest BCUT2D eigenvalue weighted by Crippen LogP contribution is -2.44. The predicted molar refractivity (Wildman–Crippen MR) is 127 cm³/mol. The Bertz CT molecular complexity index is 750. The average Bonchev–Trinajstić information content (AvgIpc) is 2.55. The van der Waals surface area contributed by atoms with Gasteiger partial charge in [-0.25, -0.2) is 12.8 Å². The maximum absolute atomic E-state index is 13.5. The van der Waals surface area contributed by atoms with E-state index in [9.17, 15) is 12.8 Å². The van der Waals surface area contributed by atoms with E-state index in [2.05, 4.69) is 15.6 Å². The van der Waals surface area contributed by atoms with Gasteiger partial charge in [-0.1, -0.05) is 39.8 Å². The molecule has 0 unspecified atom stereocenters. The number of nitrogens with zero attached hydrogens (tertiary/aromatic N) is 1. The SMILES string of the molecule is CCNC(=NCC(C)(C)CCS(C)(=O)=O)NCC(C)(C)c1cccc(F)c1.I. The molecule has 0 heterocycles. The van der Waals surface area contributed by atoms with Gasteiger partial charge in [0.15, 0.2) is 5.96 Å². The lowest BCUT2D eigenvalue weighted by atomic mass is 9.84. The third-order valence-corrected chi connectivity index (χ3v) is 5.41. The first kappa shape index (κ1) is 27.1. The molecule has 0 aliphatic carbocycles. The summed E-state index contributed by atoms with van der Waals surface area (Å²) in [6.07, 6.45) is 1.82. The summed E-state index contributed by atoms with van der Waals surface area (Å²) in [5.41, 5.74) is 0.424. The van der Waals surface area contributed by atoms with Crippen molar-refractivity contribution in [2.24, 2.45) is 10.4 Å². The molecule has 162 valence electrons. The highest BCUT2D eigenvalue weighted by Gasteiger charge is 2.23. The van der Waals surface area contributed by atoms with E-state index in [0.717, 1.165) is 12.1 Å². The zero-order valence-corrected chi connectivity index (χ0v) is 20.9. The minimum Gasteiger partial charge on any atom is -0.357 e. The number of guanidine groups is 1. The van der Waals surface area contributed by atoms with Crippen LogP contribution >= 0.6 is 24.0 Å². The third kappa shape index (κ3) is 10.6. The first-order valence-electron chi connectivity index (χ1n) is 9.31. The van der Waals surface area contributed by atoms with Gasteiger partial charge < -0.3 is 10.6 Å². The van der Waals surface area contributed by atoms with Crippen molar-refractivity contribution < 1.29 is 12.8 Å². The lowest BCUT2D eigenvalue weighted by Gasteiger charge is -2.27. The monoisotopic (exact) mass is 527 g/mol. The Balaban J connectivity index is 0.00000729. The number of nitrogens with one attached hydrogen (secondary N) is 2. The van der Waals surface area contributed by atoms with E-state index in [0.29, 0.717) is 25.5 Å². The number of halogens is 2. The molecule has 0 fully saturated rings. The molecule has 0 atom stereocenters. The van der Waals surface area contributed by atoms with Gasteiger partial charge in [-0.2, -0.15) is 0 Å². The zero-order valence-electron chi connectivity index (χ0n) is 17.8. The van der Waals surface area contributed by atoms with Crippen molar-refractivity contribution in [1.82, 2.24) is 10.6 Å². The first-order chi connectivity index (χ1) is 12.3. The molecule has 0 spiro atoms. The maximum atomic E-state index is 13.5. The summed E-state index contributed by atoms with van der Waals surface area (Å²) < 4.78 is 36.3. The smallest absolute Gasteiger partial charge is 0.191 e. The van der Waals surface area contributed by atoms with Gasteiger partial charge in [-0.3, -0.25) is 4.99 Å². The summed E-state index contributed by atoms with van der Waals surface area (Å²) in [4.78, 5) is 4.63. The van der Waals surface area contributed by atoms with E-state index in [-0.39, 0.29) is 46.4 Å². The van der Waals surface area contributed by atoms with Gasteiger partial charge in [-0.05, 0) is 36.5 Å². The standard InChI is InChI=1S/C20H34FN3O2S.HI/c1-7-22-18(23-14-19(2,3)11-12-27(6,25)26)24-15-20(4,5)16-9-8-10-17(21)13-16;/h8-10,13H,7,11-12,14-15H2,1-6H3,(H2,22,23,24);1H. The van der Waals surface area contributed by atoms with Gasteiger partial charge in [0.25, 0.3) is 0 Å². The molecule has 0 saturated heterocycles. The summed E-state index contributed by atoms with van der Waals surface area (Å²) in [5.74, 6) is 0.592. The summed E-state index contributed by atoms with van der Waals surface area (Å²) >= 11 is 0. The maximum Gasteiger partial charge on any atom is 0.191 e. The number of rotatable bonds is 9. The largest absolute Gasteiger partial charge is 0.357 e. The molecule has 0 amide bonds. The molecule has 8 heteroatoms. The Morgan fingerprint density at radius 1 is 1.18 bits per heavy atom. The third-order valence-electron chi connectivity index (χ3n) is 4.46. The molecule has 1 aromatic carbocycles. The Morgan fingerprint density at radius 3 is 2.36 bits per heavy atom. The fraction of sp³-hybridized carbons (Fsp3) is 0.650. The highest BCUT2D eigenvalue weighted by atomic mass is 127. The minimum absolute atomic E-state index is 0. The van der Waals surface area contributed by atoms with Gasteiger partial charge >= 0.3 is 0 Å². The number of sulfone groups is 1. The Morgan fingerprint density at radius 2 is 1.82 bits per heavy atom. The highest BCUT2D eigenvalue weighted by Crippen LogP contribution is 2.23. The summed E-state index contributed by atoms with van der Waals surface area (Å²) in [6.45, 7) is 11.9. The second kappa shape index (κ2) is 11.3. The van der Waals surface area contributed by atoms with Crippen LogP contribution in [0.5, 0.6) is 0 Å². The minimum atomic E-state index is -2.98. The molecule has 1 rings (SSSR count). The Kier molecular flexibility index (Phi) is 11.0. The van der Waals surface area contributed by atoms with Gasteiger partial charge in [0.05, 0.1) is 5.75 Å². The van der Waals surface area contributed by atoms with E-state index in [1.54, 1.807) is 12.1 Å². The summed E-state index contributed by atoms with van der Waals surface area (Å²) in [6, 6.07) is 6.64. The second-order valence-electron chi connectivity index (χ2n) is 8.49. The first-order valence-corrected chi connectivity index (χ1v) is 11.4. The van der Waals surface area contributed by atoms with Crippen molar-refractivity contribution in [1.29, 1.82) is 0 Å². The van der Waals surface area contributed by atoms with Crippen molar-refractivity contribution in [2.45, 2.75) is 46.5 Å². The van der Waals surface area contributed by atoms with Crippen LogP contribution in [0.15, 0.2) is 29.3 Å². The summed E-state index contributed by atoms with van der Waals surface area (Å²) in [5, 5.41) is 6.53. The number of hydrogen-bond donors (Lipinski definition) is 2. The molecule has 0 saturated carbocycles. The molecule has 5 nitrogen and oxygen atoms in total. The summed E-state index contributed by atoms with van der Waals surface area (Å²) in [7, 11) is -2.98. The van der Waals surface area contributed by atoms with Crippen LogP contribution in [0, 0.1) is 11.2 Å². The highest BCUT2D eigenvalue weighted by molar-refractivity contribution is 14.0. The van der Waals surface area contributed by atoms with Crippen molar-refractivity contribution in [2.75, 3.05) is 31.6 Å². The van der Waals surface area contributed by atoms with E-state index >= 15 is 0 Å². The van der Waals surface area contributed by atoms with Gasteiger partial charge in [0.1, 0.15) is 15.7 Å². The molecule has 0 aromatic heterocycles. The van der Waals surface area contributed by atoms with Crippen LogP contribution in [0.25, 0.3) is 0 Å². The molecule has 1 aromatic rings. The molecular formula is C20H35FIN3O2S.